The first kappa shape index (κ1) is 19.4. The Hall–Kier alpha value is -3.60. The summed E-state index contributed by atoms with van der Waals surface area (Å²) in [7, 11) is 0. The second kappa shape index (κ2) is 8.26. The summed E-state index contributed by atoms with van der Waals surface area (Å²) in [5, 5.41) is 4.94. The molecule has 5 rings (SSSR count). The van der Waals surface area contributed by atoms with Crippen molar-refractivity contribution in [1.29, 1.82) is 0 Å². The third kappa shape index (κ3) is 3.79. The van der Waals surface area contributed by atoms with Crippen molar-refractivity contribution in [2.45, 2.75) is 39.3 Å². The molecule has 31 heavy (non-hydrogen) atoms. The van der Waals surface area contributed by atoms with E-state index < -0.39 is 0 Å². The van der Waals surface area contributed by atoms with Crippen molar-refractivity contribution >= 4 is 5.91 Å². The van der Waals surface area contributed by atoms with Gasteiger partial charge in [-0.2, -0.15) is 5.10 Å². The molecule has 0 aliphatic carbocycles. The lowest BCUT2D eigenvalue weighted by atomic mass is 10.1. The molecule has 5 heteroatoms. The van der Waals surface area contributed by atoms with Crippen LogP contribution in [0, 0.1) is 6.92 Å². The molecule has 0 radical (unpaired) electrons. The number of para-hydroxylation sites is 1. The average molecular weight is 411 g/mol. The van der Waals surface area contributed by atoms with Gasteiger partial charge in [-0.15, -0.1) is 0 Å². The number of hydrogen-bond donors (Lipinski definition) is 0. The molecule has 0 unspecified atom stereocenters. The monoisotopic (exact) mass is 410 g/mol. The van der Waals surface area contributed by atoms with E-state index in [-0.39, 0.29) is 5.91 Å². The number of benzene rings is 2. The van der Waals surface area contributed by atoms with Gasteiger partial charge in [0.05, 0.1) is 24.5 Å². The van der Waals surface area contributed by atoms with Crippen LogP contribution in [-0.4, -0.2) is 25.2 Å². The van der Waals surface area contributed by atoms with E-state index in [0.29, 0.717) is 19.5 Å². The van der Waals surface area contributed by atoms with Gasteiger partial charge in [-0.1, -0.05) is 48.5 Å². The highest BCUT2D eigenvalue weighted by Gasteiger charge is 2.31. The van der Waals surface area contributed by atoms with Gasteiger partial charge in [0.2, 0.25) is 5.91 Å². The predicted molar refractivity (Wildman–Crippen MR) is 121 cm³/mol. The van der Waals surface area contributed by atoms with Crippen LogP contribution in [0.3, 0.4) is 0 Å². The lowest BCUT2D eigenvalue weighted by Gasteiger charge is -2.18. The van der Waals surface area contributed by atoms with E-state index in [1.165, 1.54) is 11.1 Å². The van der Waals surface area contributed by atoms with Gasteiger partial charge in [0.25, 0.3) is 0 Å². The average Bonchev–Trinajstić information content (AvgIpc) is 3.51. The summed E-state index contributed by atoms with van der Waals surface area (Å²) in [6.45, 7) is 3.29. The Bertz CT molecular complexity index is 1190. The molecule has 4 aromatic rings. The Kier molecular flexibility index (Phi) is 5.16. The highest BCUT2D eigenvalue weighted by molar-refractivity contribution is 5.77. The highest BCUT2D eigenvalue weighted by atomic mass is 16.2. The van der Waals surface area contributed by atoms with Crippen LogP contribution in [0.1, 0.15) is 35.2 Å². The number of rotatable bonds is 6. The van der Waals surface area contributed by atoms with E-state index in [2.05, 4.69) is 35.8 Å². The molecule has 0 saturated heterocycles. The van der Waals surface area contributed by atoms with Gasteiger partial charge in [0, 0.05) is 24.4 Å². The molecular weight excluding hydrogens is 384 g/mol. The number of carbonyl (C=O) groups is 1. The molecule has 0 N–H and O–H groups in total. The molecule has 156 valence electrons. The third-order valence-electron chi connectivity index (χ3n) is 5.97. The van der Waals surface area contributed by atoms with Crippen LogP contribution in [0.25, 0.3) is 11.5 Å². The second-order valence-corrected chi connectivity index (χ2v) is 8.13. The van der Waals surface area contributed by atoms with E-state index in [4.69, 9.17) is 5.10 Å². The fourth-order valence-electron chi connectivity index (χ4n) is 4.33. The van der Waals surface area contributed by atoms with Crippen LogP contribution in [-0.2, 0) is 24.3 Å². The Morgan fingerprint density at radius 3 is 2.45 bits per heavy atom. The first-order valence-electron chi connectivity index (χ1n) is 10.8. The fourth-order valence-corrected chi connectivity index (χ4v) is 4.33. The van der Waals surface area contributed by atoms with Crippen LogP contribution < -0.4 is 0 Å². The molecule has 0 saturated carbocycles. The first-order chi connectivity index (χ1) is 15.2. The number of aromatic nitrogens is 3. The first-order valence-corrected chi connectivity index (χ1v) is 10.8. The van der Waals surface area contributed by atoms with Gasteiger partial charge in [0.15, 0.2) is 0 Å². The van der Waals surface area contributed by atoms with Gasteiger partial charge in [-0.05, 0) is 49.1 Å². The fraction of sp³-hybridized carbons (Fsp3) is 0.231. The van der Waals surface area contributed by atoms with Crippen molar-refractivity contribution in [2.75, 3.05) is 0 Å². The van der Waals surface area contributed by atoms with Gasteiger partial charge in [-0.25, -0.2) is 4.68 Å². The number of amides is 1. The number of aryl methyl sites for hydroxylation is 2. The topological polar surface area (TPSA) is 43.1 Å². The van der Waals surface area contributed by atoms with Crippen molar-refractivity contribution in [3.05, 3.63) is 102 Å². The maximum Gasteiger partial charge on any atom is 0.223 e. The predicted octanol–water partition coefficient (Wildman–Crippen LogP) is 4.84. The number of carbonyl (C=O) groups excluding carboxylic acids is 1. The van der Waals surface area contributed by atoms with E-state index in [9.17, 15) is 4.79 Å². The third-order valence-corrected chi connectivity index (χ3v) is 5.97. The Balaban J connectivity index is 1.36. The molecular formula is C26H26N4O. The summed E-state index contributed by atoms with van der Waals surface area (Å²) in [4.78, 5) is 14.8. The molecule has 2 aromatic carbocycles. The number of fused-ring (bicyclic) bond motifs is 1. The lowest BCUT2D eigenvalue weighted by Crippen LogP contribution is -2.26. The van der Waals surface area contributed by atoms with E-state index >= 15 is 0 Å². The summed E-state index contributed by atoms with van der Waals surface area (Å²) in [6.07, 6.45) is 6.44. The van der Waals surface area contributed by atoms with E-state index in [1.807, 2.05) is 64.4 Å². The minimum Gasteiger partial charge on any atom is -0.332 e. The zero-order chi connectivity index (χ0) is 21.2. The number of nitrogens with zero attached hydrogens (tertiary/aromatic N) is 4. The van der Waals surface area contributed by atoms with E-state index in [0.717, 1.165) is 35.6 Å². The van der Waals surface area contributed by atoms with Crippen molar-refractivity contribution in [3.8, 4) is 11.5 Å². The minimum absolute atomic E-state index is 0.204. The molecule has 5 nitrogen and oxygen atoms in total. The summed E-state index contributed by atoms with van der Waals surface area (Å²) in [6, 6.07) is 22.7. The van der Waals surface area contributed by atoms with Crippen LogP contribution in [0.2, 0.25) is 0 Å². The summed E-state index contributed by atoms with van der Waals surface area (Å²) < 4.78 is 4.12. The largest absolute Gasteiger partial charge is 0.332 e. The van der Waals surface area contributed by atoms with Crippen molar-refractivity contribution in [3.63, 3.8) is 0 Å². The van der Waals surface area contributed by atoms with Gasteiger partial charge < -0.3 is 9.47 Å². The van der Waals surface area contributed by atoms with Crippen LogP contribution in [0.15, 0.2) is 79.1 Å². The van der Waals surface area contributed by atoms with Gasteiger partial charge in [-0.3, -0.25) is 4.79 Å². The Morgan fingerprint density at radius 1 is 0.935 bits per heavy atom. The van der Waals surface area contributed by atoms with Crippen LogP contribution >= 0.6 is 0 Å². The molecule has 3 heterocycles. The maximum absolute atomic E-state index is 12.9. The molecule has 0 fully saturated rings. The Morgan fingerprint density at radius 2 is 1.68 bits per heavy atom. The lowest BCUT2D eigenvalue weighted by molar-refractivity contribution is -0.131. The highest BCUT2D eigenvalue weighted by Crippen LogP contribution is 2.31. The SMILES string of the molecule is Cc1ccccc1-n1nc2c(c1-n1cccc1)CN(C(=O)CCCc1ccccc1)C2. The normalized spacial score (nSPS) is 12.9. The molecule has 0 atom stereocenters. The molecule has 1 amide bonds. The molecule has 1 aliphatic heterocycles. The van der Waals surface area contributed by atoms with Crippen LogP contribution in [0.4, 0.5) is 0 Å². The van der Waals surface area contributed by atoms with Gasteiger partial charge >= 0.3 is 0 Å². The van der Waals surface area contributed by atoms with Gasteiger partial charge in [0.1, 0.15) is 5.82 Å². The zero-order valence-corrected chi connectivity index (χ0v) is 17.7. The minimum atomic E-state index is 0.204. The maximum atomic E-state index is 12.9. The number of hydrogen-bond acceptors (Lipinski definition) is 2. The summed E-state index contributed by atoms with van der Waals surface area (Å²) in [5.41, 5.74) is 5.65. The molecule has 0 bridgehead atoms. The van der Waals surface area contributed by atoms with Crippen molar-refractivity contribution in [2.24, 2.45) is 0 Å². The van der Waals surface area contributed by atoms with E-state index in [1.54, 1.807) is 0 Å². The van der Waals surface area contributed by atoms with Crippen molar-refractivity contribution < 1.29 is 4.79 Å². The molecule has 0 spiro atoms. The van der Waals surface area contributed by atoms with Crippen LogP contribution in [0.5, 0.6) is 0 Å². The standard InChI is InChI=1S/C26H26N4O/c1-20-10-5-6-14-24(20)30-26(28-16-7-8-17-28)22-18-29(19-23(22)27-30)25(31)15-9-13-21-11-3-2-4-12-21/h2-8,10-12,14,16-17H,9,13,15,18-19H2,1H3. The summed E-state index contributed by atoms with van der Waals surface area (Å²) in [5.74, 6) is 1.23. The molecule has 2 aromatic heterocycles. The quantitative estimate of drug-likeness (QED) is 0.457. The second-order valence-electron chi connectivity index (χ2n) is 8.13. The zero-order valence-electron chi connectivity index (χ0n) is 17.7. The Labute approximate surface area is 182 Å². The summed E-state index contributed by atoms with van der Waals surface area (Å²) >= 11 is 0. The molecule has 1 aliphatic rings. The smallest absolute Gasteiger partial charge is 0.223 e. The van der Waals surface area contributed by atoms with Crippen molar-refractivity contribution in [1.82, 2.24) is 19.2 Å².